The van der Waals surface area contributed by atoms with Crippen LogP contribution in [0.1, 0.15) is 60.2 Å². The molecule has 37 heavy (non-hydrogen) atoms. The van der Waals surface area contributed by atoms with Crippen molar-refractivity contribution in [1.29, 1.82) is 0 Å². The summed E-state index contributed by atoms with van der Waals surface area (Å²) in [5.41, 5.74) is 10.8. The van der Waals surface area contributed by atoms with Crippen LogP contribution >= 0.6 is 12.4 Å². The molecule has 0 radical (unpaired) electrons. The molecule has 5 aliphatic rings. The summed E-state index contributed by atoms with van der Waals surface area (Å²) in [4.78, 5) is 10.6. The molecule has 3 heterocycles. The highest BCUT2D eigenvalue weighted by Gasteiger charge is 2.72. The van der Waals surface area contributed by atoms with E-state index in [1.54, 1.807) is 13.0 Å². The molecular formula is C29H33ClN4O3. The molecule has 8 heteroatoms. The summed E-state index contributed by atoms with van der Waals surface area (Å²) in [6.07, 6.45) is 4.44. The molecule has 0 amide bonds. The van der Waals surface area contributed by atoms with Crippen molar-refractivity contribution in [3.63, 3.8) is 0 Å². The highest BCUT2D eigenvalue weighted by molar-refractivity contribution is 5.87. The number of phenols is 1. The van der Waals surface area contributed by atoms with Gasteiger partial charge < -0.3 is 25.7 Å². The average molecular weight is 521 g/mol. The van der Waals surface area contributed by atoms with Crippen molar-refractivity contribution in [3.8, 4) is 11.5 Å². The van der Waals surface area contributed by atoms with Gasteiger partial charge in [0.1, 0.15) is 0 Å². The number of aromatic nitrogens is 1. The minimum absolute atomic E-state index is 0. The van der Waals surface area contributed by atoms with E-state index in [1.807, 2.05) is 0 Å². The largest absolute Gasteiger partial charge is 0.504 e. The smallest absolute Gasteiger partial charge is 0.166 e. The molecule has 3 aromatic rings. The molecule has 3 aliphatic carbocycles. The van der Waals surface area contributed by atoms with E-state index in [1.165, 1.54) is 18.4 Å². The van der Waals surface area contributed by atoms with Crippen molar-refractivity contribution in [3.05, 3.63) is 58.3 Å². The van der Waals surface area contributed by atoms with Gasteiger partial charge in [0.25, 0.3) is 0 Å². The summed E-state index contributed by atoms with van der Waals surface area (Å²) in [6.45, 7) is 4.36. The predicted molar refractivity (Wildman–Crippen MR) is 145 cm³/mol. The van der Waals surface area contributed by atoms with Gasteiger partial charge in [-0.25, -0.2) is 0 Å². The number of rotatable bonds is 4. The molecule has 4 atom stereocenters. The van der Waals surface area contributed by atoms with Gasteiger partial charge in [0.2, 0.25) is 0 Å². The zero-order chi connectivity index (χ0) is 24.4. The maximum absolute atomic E-state index is 12.9. The maximum Gasteiger partial charge on any atom is 0.166 e. The molecule has 2 fully saturated rings. The molecule has 7 nitrogen and oxygen atoms in total. The minimum Gasteiger partial charge on any atom is -0.504 e. The lowest BCUT2D eigenvalue weighted by Crippen LogP contribution is -2.74. The molecule has 2 aliphatic heterocycles. The first-order valence-corrected chi connectivity index (χ1v) is 13.3. The summed E-state index contributed by atoms with van der Waals surface area (Å²) >= 11 is 0. The molecule has 0 unspecified atom stereocenters. The van der Waals surface area contributed by atoms with E-state index in [2.05, 4.69) is 39.1 Å². The first-order chi connectivity index (χ1) is 17.4. The Morgan fingerprint density at radius 1 is 1.27 bits per heavy atom. The maximum atomic E-state index is 12.9. The highest BCUT2D eigenvalue weighted by Crippen LogP contribution is 2.69. The summed E-state index contributed by atoms with van der Waals surface area (Å²) in [7, 11) is 0. The number of ether oxygens (including phenoxy) is 1. The first kappa shape index (κ1) is 23.4. The Balaban J connectivity index is 0.00000231. The summed E-state index contributed by atoms with van der Waals surface area (Å²) < 4.78 is 6.67. The first-order valence-electron chi connectivity index (χ1n) is 13.3. The number of likely N-dealkylation sites (tertiary alicyclic amines) is 1. The third-order valence-electron chi connectivity index (χ3n) is 9.74. The lowest BCUT2D eigenvalue weighted by atomic mass is 9.49. The summed E-state index contributed by atoms with van der Waals surface area (Å²) in [6, 6.07) is 10.2. The third kappa shape index (κ3) is 2.93. The average Bonchev–Trinajstić information content (AvgIpc) is 3.49. The van der Waals surface area contributed by atoms with Gasteiger partial charge >= 0.3 is 0 Å². The number of hydrogen-bond acceptors (Lipinski definition) is 5. The number of benzene rings is 2. The fourth-order valence-corrected chi connectivity index (χ4v) is 7.98. The Labute approximate surface area is 222 Å². The summed E-state index contributed by atoms with van der Waals surface area (Å²) in [5.74, 6) is 2.08. The molecule has 1 saturated carbocycles. The number of halogens is 1. The zero-order valence-corrected chi connectivity index (χ0v) is 21.8. The van der Waals surface area contributed by atoms with Crippen molar-refractivity contribution in [2.45, 2.75) is 68.7 Å². The van der Waals surface area contributed by atoms with Gasteiger partial charge in [-0.1, -0.05) is 12.1 Å². The number of nitrogens with two attached hydrogens (primary N) is 1. The van der Waals surface area contributed by atoms with Crippen molar-refractivity contribution < 1.29 is 14.9 Å². The van der Waals surface area contributed by atoms with Crippen molar-refractivity contribution in [2.24, 2.45) is 16.6 Å². The number of piperidine rings is 1. The van der Waals surface area contributed by atoms with Crippen molar-refractivity contribution in [1.82, 2.24) is 9.88 Å². The van der Waals surface area contributed by atoms with Crippen molar-refractivity contribution >= 4 is 29.1 Å². The van der Waals surface area contributed by atoms with E-state index < -0.39 is 11.0 Å². The number of fused-ring (bicyclic) bond motifs is 4. The second kappa shape index (κ2) is 7.65. The molecule has 194 valence electrons. The van der Waals surface area contributed by atoms with Crippen LogP contribution in [0.4, 0.5) is 0 Å². The molecule has 1 saturated heterocycles. The number of aliphatic imine (C=N–C) groups is 1. The van der Waals surface area contributed by atoms with Gasteiger partial charge in [-0.15, -0.1) is 12.4 Å². The van der Waals surface area contributed by atoms with Crippen LogP contribution in [0.3, 0.4) is 0 Å². The van der Waals surface area contributed by atoms with Crippen LogP contribution in [0.15, 0.2) is 35.3 Å². The monoisotopic (exact) mass is 520 g/mol. The predicted octanol–water partition coefficient (Wildman–Crippen LogP) is 3.87. The molecule has 2 aromatic carbocycles. The number of phenolic OH excluding ortho intramolecular Hbond substituents is 1. The zero-order valence-electron chi connectivity index (χ0n) is 21.0. The Bertz CT molecular complexity index is 1480. The highest BCUT2D eigenvalue weighted by atomic mass is 35.5. The Hall–Kier alpha value is -2.74. The van der Waals surface area contributed by atoms with Gasteiger partial charge in [-0.05, 0) is 80.0 Å². The number of aromatic hydroxyl groups is 1. The topological polar surface area (TPSA) is 107 Å². The van der Waals surface area contributed by atoms with Gasteiger partial charge in [-0.3, -0.25) is 9.89 Å². The second-order valence-corrected chi connectivity index (χ2v) is 11.8. The number of nitrogens with one attached hydrogen (secondary N) is 1. The van der Waals surface area contributed by atoms with Crippen LogP contribution in [0.5, 0.6) is 11.5 Å². The van der Waals surface area contributed by atoms with Crippen LogP contribution in [0.2, 0.25) is 0 Å². The lowest BCUT2D eigenvalue weighted by molar-refractivity contribution is -0.173. The van der Waals surface area contributed by atoms with E-state index in [0.717, 1.165) is 65.1 Å². The SMILES string of the molecule is CC(N)=NCc1ccc2[nH]c3c(c2c1)C[C@@]1(O)[C@@H]2Cc4ccc(O)c5c4[C@@]1(CCN2CC1CC1)[C@H]3O5.Cl. The summed E-state index contributed by atoms with van der Waals surface area (Å²) in [5, 5.41) is 24.9. The number of nitrogens with zero attached hydrogens (tertiary/aromatic N) is 2. The Morgan fingerprint density at radius 3 is 2.89 bits per heavy atom. The lowest BCUT2D eigenvalue weighted by Gasteiger charge is -2.62. The second-order valence-electron chi connectivity index (χ2n) is 11.8. The molecular weight excluding hydrogens is 488 g/mol. The van der Waals surface area contributed by atoms with Crippen LogP contribution in [-0.2, 0) is 24.8 Å². The van der Waals surface area contributed by atoms with E-state index in [-0.39, 0.29) is 30.3 Å². The third-order valence-corrected chi connectivity index (χ3v) is 9.74. The Kier molecular flexibility index (Phi) is 4.84. The van der Waals surface area contributed by atoms with Crippen LogP contribution in [0, 0.1) is 5.92 Å². The molecule has 5 N–H and O–H groups in total. The van der Waals surface area contributed by atoms with E-state index in [4.69, 9.17) is 10.5 Å². The van der Waals surface area contributed by atoms with Crippen LogP contribution < -0.4 is 10.5 Å². The van der Waals surface area contributed by atoms with E-state index in [0.29, 0.717) is 24.6 Å². The van der Waals surface area contributed by atoms with Gasteiger partial charge in [0.05, 0.1) is 29.1 Å². The van der Waals surface area contributed by atoms with Gasteiger partial charge in [-0.2, -0.15) is 0 Å². The quantitative estimate of drug-likeness (QED) is 0.308. The number of H-pyrrole nitrogens is 1. The van der Waals surface area contributed by atoms with Gasteiger partial charge in [0, 0.05) is 35.5 Å². The number of hydrogen-bond donors (Lipinski definition) is 4. The molecule has 1 aromatic heterocycles. The number of amidine groups is 1. The molecule has 1 spiro atoms. The fourth-order valence-electron chi connectivity index (χ4n) is 7.98. The molecule has 2 bridgehead atoms. The fraction of sp³-hybridized carbons (Fsp3) is 0.483. The van der Waals surface area contributed by atoms with Crippen LogP contribution in [-0.4, -0.2) is 50.7 Å². The minimum atomic E-state index is -0.971. The van der Waals surface area contributed by atoms with Crippen LogP contribution in [0.25, 0.3) is 10.9 Å². The Morgan fingerprint density at radius 2 is 2.11 bits per heavy atom. The van der Waals surface area contributed by atoms with E-state index >= 15 is 0 Å². The van der Waals surface area contributed by atoms with Crippen molar-refractivity contribution in [2.75, 3.05) is 13.1 Å². The van der Waals surface area contributed by atoms with Gasteiger partial charge in [0.15, 0.2) is 17.6 Å². The number of aromatic amines is 1. The standard InChI is InChI=1S/C29H32N4O3.ClH/c1-15(30)31-13-17-4-6-21-19(10-17)20-12-29(35)23-11-18-5-7-22(34)26-24(18)28(29,27(36-26)25(20)32-21)8-9-33(23)14-16-2-3-16;/h4-7,10,16,23,27,32,34-35H,2-3,8-9,11-14H2,1H3,(H2,30,31);1H/t23-,27-,28-,29+;/m0./s1. The number of aliphatic hydroxyl groups is 1. The van der Waals surface area contributed by atoms with E-state index in [9.17, 15) is 10.2 Å². The normalized spacial score (nSPS) is 31.5. The molecule has 8 rings (SSSR count).